The summed E-state index contributed by atoms with van der Waals surface area (Å²) in [5.74, 6) is 0.787. The van der Waals surface area contributed by atoms with Crippen molar-refractivity contribution in [3.05, 3.63) is 60.2 Å². The van der Waals surface area contributed by atoms with E-state index in [1.54, 1.807) is 6.08 Å². The van der Waals surface area contributed by atoms with Crippen LogP contribution >= 0.6 is 0 Å². The van der Waals surface area contributed by atoms with Crippen LogP contribution in [0.4, 0.5) is 0 Å². The van der Waals surface area contributed by atoms with Gasteiger partial charge in [0, 0.05) is 0 Å². The Morgan fingerprint density at radius 1 is 1.04 bits per heavy atom. The second kappa shape index (κ2) is 20.7. The molecule has 0 unspecified atom stereocenters. The zero-order chi connectivity index (χ0) is 18.7. The van der Waals surface area contributed by atoms with Gasteiger partial charge in [0.1, 0.15) is 0 Å². The Morgan fingerprint density at radius 3 is 1.57 bits per heavy atom. The summed E-state index contributed by atoms with van der Waals surface area (Å²) in [6.07, 6.45) is 6.97. The number of aryl methyl sites for hydroxylation is 2. The largest absolute Gasteiger partial charge is 0.103 e. The minimum Gasteiger partial charge on any atom is -0.103 e. The fourth-order valence-electron chi connectivity index (χ4n) is 2.14. The molecule has 0 heterocycles. The summed E-state index contributed by atoms with van der Waals surface area (Å²) < 4.78 is 0. The van der Waals surface area contributed by atoms with Gasteiger partial charge in [-0.2, -0.15) is 0 Å². The molecule has 1 aromatic carbocycles. The van der Waals surface area contributed by atoms with E-state index in [1.165, 1.54) is 42.4 Å². The molecule has 0 heteroatoms. The van der Waals surface area contributed by atoms with Crippen LogP contribution < -0.4 is 0 Å². The average Bonchev–Trinajstić information content (AvgIpc) is 2.50. The molecule has 0 aliphatic rings. The first-order valence-corrected chi connectivity index (χ1v) is 9.18. The van der Waals surface area contributed by atoms with Gasteiger partial charge < -0.3 is 0 Å². The first-order chi connectivity index (χ1) is 10.9. The van der Waals surface area contributed by atoms with Gasteiger partial charge in [0.05, 0.1) is 0 Å². The second-order valence-electron chi connectivity index (χ2n) is 5.69. The first-order valence-electron chi connectivity index (χ1n) is 9.18. The van der Waals surface area contributed by atoms with Crippen LogP contribution in [0.3, 0.4) is 0 Å². The van der Waals surface area contributed by atoms with Crippen LogP contribution in [0.25, 0.3) is 0 Å². The topological polar surface area (TPSA) is 0 Å². The molecule has 23 heavy (non-hydrogen) atoms. The van der Waals surface area contributed by atoms with Crippen molar-refractivity contribution in [2.75, 3.05) is 0 Å². The van der Waals surface area contributed by atoms with E-state index in [0.29, 0.717) is 0 Å². The average molecular weight is 319 g/mol. The summed E-state index contributed by atoms with van der Waals surface area (Å²) in [5.41, 5.74) is 4.04. The lowest BCUT2D eigenvalue weighted by Crippen LogP contribution is -1.99. The quantitative estimate of drug-likeness (QED) is 0.479. The number of allylic oxidation sites excluding steroid dienone is 2. The lowest BCUT2D eigenvalue weighted by atomic mass is 9.92. The van der Waals surface area contributed by atoms with Gasteiger partial charge >= 0.3 is 0 Å². The molecular formula is C23H42. The van der Waals surface area contributed by atoms with Crippen molar-refractivity contribution >= 4 is 0 Å². The fourth-order valence-corrected chi connectivity index (χ4v) is 2.14. The Bertz CT molecular complexity index is 350. The predicted molar refractivity (Wildman–Crippen MR) is 111 cm³/mol. The zero-order valence-electron chi connectivity index (χ0n) is 17.2. The molecule has 0 radical (unpaired) electrons. The van der Waals surface area contributed by atoms with E-state index in [9.17, 15) is 0 Å². The number of hydrogen-bond acceptors (Lipinski definition) is 0. The predicted octanol–water partition coefficient (Wildman–Crippen LogP) is 8.30. The highest BCUT2D eigenvalue weighted by Crippen LogP contribution is 2.20. The van der Waals surface area contributed by atoms with Crippen LogP contribution in [0.5, 0.6) is 0 Å². The smallest absolute Gasteiger partial charge is 0.0209 e. The molecule has 0 aromatic heterocycles. The van der Waals surface area contributed by atoms with E-state index in [4.69, 9.17) is 0 Å². The zero-order valence-corrected chi connectivity index (χ0v) is 17.2. The van der Waals surface area contributed by atoms with Crippen LogP contribution in [0.1, 0.15) is 78.4 Å². The standard InChI is InChI=1S/C10H20.C8H10.C3H6.C2H6/c1-5-7-10(8-6-2)9(3)4;1-7-4-3-5-8(2)6-7;1-3-2;1-2/h10H,3,5-8H2,1-2,4H3;3-6H,1-2H3;3H,1H2,2H3;1-2H3. The number of rotatable bonds is 5. The summed E-state index contributed by atoms with van der Waals surface area (Å²) in [6, 6.07) is 8.45. The molecule has 0 saturated carbocycles. The molecule has 0 spiro atoms. The summed E-state index contributed by atoms with van der Waals surface area (Å²) >= 11 is 0. The van der Waals surface area contributed by atoms with Crippen LogP contribution in [0.2, 0.25) is 0 Å². The summed E-state index contributed by atoms with van der Waals surface area (Å²) in [4.78, 5) is 0. The Labute approximate surface area is 147 Å². The third-order valence-corrected chi connectivity index (χ3v) is 3.14. The van der Waals surface area contributed by atoms with Gasteiger partial charge in [-0.15, -0.1) is 6.58 Å². The Morgan fingerprint density at radius 2 is 1.39 bits per heavy atom. The minimum atomic E-state index is 0.787. The summed E-state index contributed by atoms with van der Waals surface area (Å²) in [7, 11) is 0. The third-order valence-electron chi connectivity index (χ3n) is 3.14. The van der Waals surface area contributed by atoms with Gasteiger partial charge in [-0.1, -0.05) is 94.2 Å². The van der Waals surface area contributed by atoms with Gasteiger partial charge in [0.2, 0.25) is 0 Å². The second-order valence-corrected chi connectivity index (χ2v) is 5.69. The van der Waals surface area contributed by atoms with Crippen LogP contribution in [-0.2, 0) is 0 Å². The van der Waals surface area contributed by atoms with Gasteiger partial charge in [-0.05, 0) is 46.5 Å². The maximum atomic E-state index is 3.99. The van der Waals surface area contributed by atoms with Crippen molar-refractivity contribution in [1.82, 2.24) is 0 Å². The monoisotopic (exact) mass is 318 g/mol. The lowest BCUT2D eigenvalue weighted by molar-refractivity contribution is 0.505. The molecular weight excluding hydrogens is 276 g/mol. The molecule has 0 atom stereocenters. The van der Waals surface area contributed by atoms with Gasteiger partial charge in [0.15, 0.2) is 0 Å². The maximum Gasteiger partial charge on any atom is -0.0209 e. The van der Waals surface area contributed by atoms with E-state index in [0.717, 1.165) is 5.92 Å². The molecule has 0 nitrogen and oxygen atoms in total. The van der Waals surface area contributed by atoms with Crippen molar-refractivity contribution in [2.45, 2.75) is 81.1 Å². The minimum absolute atomic E-state index is 0.787. The molecule has 0 aliphatic carbocycles. The Balaban J connectivity index is -0.000000275. The molecule has 0 bridgehead atoms. The Kier molecular flexibility index (Phi) is 23.9. The van der Waals surface area contributed by atoms with E-state index >= 15 is 0 Å². The SMILES string of the molecule is C=C(C)C(CCC)CCC.C=CC.CC.Cc1cccc(C)c1. The molecule has 0 aliphatic heterocycles. The van der Waals surface area contributed by atoms with E-state index in [2.05, 4.69) is 72.0 Å². The van der Waals surface area contributed by atoms with Crippen LogP contribution in [0, 0.1) is 19.8 Å². The normalized spacial score (nSPS) is 8.57. The molecule has 1 rings (SSSR count). The van der Waals surface area contributed by atoms with Crippen molar-refractivity contribution < 1.29 is 0 Å². The highest BCUT2D eigenvalue weighted by atomic mass is 14.1. The van der Waals surface area contributed by atoms with Crippen LogP contribution in [-0.4, -0.2) is 0 Å². The first kappa shape index (κ1) is 26.6. The van der Waals surface area contributed by atoms with E-state index < -0.39 is 0 Å². The highest BCUT2D eigenvalue weighted by molar-refractivity contribution is 5.20. The van der Waals surface area contributed by atoms with E-state index in [-0.39, 0.29) is 0 Å². The maximum absolute atomic E-state index is 3.99. The van der Waals surface area contributed by atoms with Crippen LogP contribution in [0.15, 0.2) is 49.1 Å². The molecule has 134 valence electrons. The molecule has 0 saturated heterocycles. The summed E-state index contributed by atoms with van der Waals surface area (Å²) in [5, 5.41) is 0. The molecule has 0 fully saturated rings. The van der Waals surface area contributed by atoms with Crippen molar-refractivity contribution in [1.29, 1.82) is 0 Å². The lowest BCUT2D eigenvalue weighted by Gasteiger charge is -2.14. The van der Waals surface area contributed by atoms with Crippen molar-refractivity contribution in [2.24, 2.45) is 5.92 Å². The van der Waals surface area contributed by atoms with E-state index in [1.807, 2.05) is 20.8 Å². The number of hydrogen-bond donors (Lipinski definition) is 0. The molecule has 0 amide bonds. The van der Waals surface area contributed by atoms with Gasteiger partial charge in [0.25, 0.3) is 0 Å². The Hall–Kier alpha value is -1.30. The summed E-state index contributed by atoms with van der Waals surface area (Å²) in [6.45, 7) is 24.1. The molecule has 1 aromatic rings. The van der Waals surface area contributed by atoms with Crippen molar-refractivity contribution in [3.8, 4) is 0 Å². The van der Waals surface area contributed by atoms with Gasteiger partial charge in [-0.25, -0.2) is 0 Å². The van der Waals surface area contributed by atoms with Crippen molar-refractivity contribution in [3.63, 3.8) is 0 Å². The third kappa shape index (κ3) is 20.7. The number of benzene rings is 1. The van der Waals surface area contributed by atoms with Gasteiger partial charge in [-0.3, -0.25) is 0 Å². The highest BCUT2D eigenvalue weighted by Gasteiger charge is 2.05. The fraction of sp³-hybridized carbons (Fsp3) is 0.565. The molecule has 0 N–H and O–H groups in total.